The quantitative estimate of drug-likeness (QED) is 0.779. The second-order valence-electron chi connectivity index (χ2n) is 5.66. The summed E-state index contributed by atoms with van der Waals surface area (Å²) in [7, 11) is 0. The third kappa shape index (κ3) is 3.61. The molecular weight excluding hydrogens is 338 g/mol. The molecule has 0 radical (unpaired) electrons. The van der Waals surface area contributed by atoms with Gasteiger partial charge in [-0.1, -0.05) is 35.9 Å². The van der Waals surface area contributed by atoms with Crippen molar-refractivity contribution in [2.75, 3.05) is 5.32 Å². The van der Waals surface area contributed by atoms with Gasteiger partial charge in [0.1, 0.15) is 0 Å². The van der Waals surface area contributed by atoms with E-state index in [9.17, 15) is 9.59 Å². The largest absolute Gasteiger partial charge is 0.320 e. The molecule has 0 saturated carbocycles. The summed E-state index contributed by atoms with van der Waals surface area (Å²) in [6.45, 7) is 3.61. The lowest BCUT2D eigenvalue weighted by atomic mass is 10.2. The topological polar surface area (TPSA) is 64.0 Å². The van der Waals surface area contributed by atoms with Gasteiger partial charge in [-0.25, -0.2) is 4.68 Å². The van der Waals surface area contributed by atoms with Crippen molar-refractivity contribution < 1.29 is 4.79 Å². The number of hydrogen-bond donors (Lipinski definition) is 1. The highest BCUT2D eigenvalue weighted by molar-refractivity contribution is 6.31. The number of anilines is 1. The molecule has 0 aliphatic heterocycles. The number of carbonyl (C=O) groups is 1. The zero-order valence-corrected chi connectivity index (χ0v) is 14.5. The van der Waals surface area contributed by atoms with Gasteiger partial charge in [-0.15, -0.1) is 0 Å². The van der Waals surface area contributed by atoms with E-state index in [1.54, 1.807) is 29.8 Å². The van der Waals surface area contributed by atoms with Crippen LogP contribution in [0.15, 0.2) is 59.4 Å². The number of rotatable bonds is 3. The Bertz CT molecular complexity index is 997. The van der Waals surface area contributed by atoms with Crippen LogP contribution in [0.5, 0.6) is 0 Å². The van der Waals surface area contributed by atoms with Gasteiger partial charge >= 0.3 is 0 Å². The fourth-order valence-electron chi connectivity index (χ4n) is 2.45. The van der Waals surface area contributed by atoms with Gasteiger partial charge in [0.15, 0.2) is 5.69 Å². The molecule has 5 nitrogen and oxygen atoms in total. The van der Waals surface area contributed by atoms with Crippen molar-refractivity contribution in [2.45, 2.75) is 13.8 Å². The predicted molar refractivity (Wildman–Crippen MR) is 98.7 cm³/mol. The zero-order chi connectivity index (χ0) is 18.0. The monoisotopic (exact) mass is 353 g/mol. The van der Waals surface area contributed by atoms with Crippen LogP contribution < -0.4 is 10.7 Å². The molecule has 0 spiro atoms. The fraction of sp³-hybridized carbons (Fsp3) is 0.105. The van der Waals surface area contributed by atoms with Crippen molar-refractivity contribution in [3.8, 4) is 5.69 Å². The van der Waals surface area contributed by atoms with Crippen molar-refractivity contribution in [3.63, 3.8) is 0 Å². The van der Waals surface area contributed by atoms with E-state index in [1.165, 1.54) is 6.07 Å². The van der Waals surface area contributed by atoms with Gasteiger partial charge in [-0.3, -0.25) is 9.59 Å². The highest BCUT2D eigenvalue weighted by Crippen LogP contribution is 2.20. The van der Waals surface area contributed by atoms with Crippen LogP contribution in [0.4, 0.5) is 5.69 Å². The SMILES string of the molecule is Cc1ccc(Cl)cc1NC(=O)c1nn(-c2ccccc2)c(C)cc1=O. The van der Waals surface area contributed by atoms with E-state index in [2.05, 4.69) is 10.4 Å². The number of halogens is 1. The molecule has 1 heterocycles. The fourth-order valence-corrected chi connectivity index (χ4v) is 2.62. The number of carbonyl (C=O) groups excluding carboxylic acids is 1. The van der Waals surface area contributed by atoms with Gasteiger partial charge in [0.2, 0.25) is 5.43 Å². The molecular formula is C19H16ClN3O2. The number of nitrogens with zero attached hydrogens (tertiary/aromatic N) is 2. The van der Waals surface area contributed by atoms with E-state index in [0.29, 0.717) is 16.4 Å². The van der Waals surface area contributed by atoms with Crippen molar-refractivity contribution >= 4 is 23.2 Å². The number of aryl methyl sites for hydroxylation is 2. The average molecular weight is 354 g/mol. The zero-order valence-electron chi connectivity index (χ0n) is 13.8. The first kappa shape index (κ1) is 16.9. The van der Waals surface area contributed by atoms with Gasteiger partial charge < -0.3 is 5.32 Å². The van der Waals surface area contributed by atoms with E-state index in [1.807, 2.05) is 37.3 Å². The maximum atomic E-state index is 12.6. The minimum absolute atomic E-state index is 0.172. The Morgan fingerprint density at radius 2 is 1.80 bits per heavy atom. The number of aromatic nitrogens is 2. The van der Waals surface area contributed by atoms with E-state index >= 15 is 0 Å². The summed E-state index contributed by atoms with van der Waals surface area (Å²) >= 11 is 5.97. The predicted octanol–water partition coefficient (Wildman–Crippen LogP) is 3.76. The Balaban J connectivity index is 2.01. The van der Waals surface area contributed by atoms with Crippen LogP contribution in [0.1, 0.15) is 21.7 Å². The molecule has 0 unspecified atom stereocenters. The molecule has 1 aromatic heterocycles. The summed E-state index contributed by atoms with van der Waals surface area (Å²) in [4.78, 5) is 24.8. The third-order valence-corrected chi connectivity index (χ3v) is 4.01. The Morgan fingerprint density at radius 1 is 1.08 bits per heavy atom. The molecule has 6 heteroatoms. The van der Waals surface area contributed by atoms with Crippen LogP contribution in [-0.4, -0.2) is 15.7 Å². The highest BCUT2D eigenvalue weighted by Gasteiger charge is 2.16. The van der Waals surface area contributed by atoms with Gasteiger partial charge in [-0.2, -0.15) is 5.10 Å². The van der Waals surface area contributed by atoms with Gasteiger partial charge in [0.25, 0.3) is 5.91 Å². The summed E-state index contributed by atoms with van der Waals surface area (Å²) in [5.41, 5.74) is 2.20. The standard InChI is InChI=1S/C19H16ClN3O2/c1-12-8-9-14(20)11-16(12)21-19(25)18-17(24)10-13(2)23(22-18)15-6-4-3-5-7-15/h3-11H,1-2H3,(H,21,25). The molecule has 1 N–H and O–H groups in total. The molecule has 0 saturated heterocycles. The first-order valence-electron chi connectivity index (χ1n) is 7.69. The number of amides is 1. The van der Waals surface area contributed by atoms with E-state index < -0.39 is 11.3 Å². The molecule has 0 fully saturated rings. The molecule has 0 atom stereocenters. The minimum Gasteiger partial charge on any atom is -0.320 e. The molecule has 2 aromatic carbocycles. The van der Waals surface area contributed by atoms with Crippen LogP contribution in [0.2, 0.25) is 5.02 Å². The second-order valence-corrected chi connectivity index (χ2v) is 6.10. The first-order chi connectivity index (χ1) is 12.0. The van der Waals surface area contributed by atoms with Gasteiger partial charge in [0, 0.05) is 22.5 Å². The first-order valence-corrected chi connectivity index (χ1v) is 8.07. The van der Waals surface area contributed by atoms with Crippen LogP contribution in [-0.2, 0) is 0 Å². The summed E-state index contributed by atoms with van der Waals surface area (Å²) in [6.07, 6.45) is 0. The lowest BCUT2D eigenvalue weighted by molar-refractivity contribution is 0.101. The number of hydrogen-bond acceptors (Lipinski definition) is 3. The lowest BCUT2D eigenvalue weighted by Crippen LogP contribution is -2.27. The molecule has 3 rings (SSSR count). The van der Waals surface area contributed by atoms with E-state index in [-0.39, 0.29) is 5.69 Å². The van der Waals surface area contributed by atoms with E-state index in [4.69, 9.17) is 11.6 Å². The summed E-state index contributed by atoms with van der Waals surface area (Å²) < 4.78 is 1.57. The summed E-state index contributed by atoms with van der Waals surface area (Å²) in [6, 6.07) is 15.9. The molecule has 25 heavy (non-hydrogen) atoms. The number of nitrogens with one attached hydrogen (secondary N) is 1. The van der Waals surface area contributed by atoms with Crippen molar-refractivity contribution in [2.24, 2.45) is 0 Å². The molecule has 0 aliphatic rings. The molecule has 126 valence electrons. The van der Waals surface area contributed by atoms with Gasteiger partial charge in [0.05, 0.1) is 5.69 Å². The Kier molecular flexibility index (Phi) is 4.67. The average Bonchev–Trinajstić information content (AvgIpc) is 2.59. The molecule has 3 aromatic rings. The third-order valence-electron chi connectivity index (χ3n) is 3.77. The van der Waals surface area contributed by atoms with Crippen LogP contribution in [0.3, 0.4) is 0 Å². The van der Waals surface area contributed by atoms with Crippen LogP contribution in [0.25, 0.3) is 5.69 Å². The van der Waals surface area contributed by atoms with Crippen LogP contribution in [0, 0.1) is 13.8 Å². The molecule has 0 bridgehead atoms. The Hall–Kier alpha value is -2.92. The van der Waals surface area contributed by atoms with Crippen molar-refractivity contribution in [3.05, 3.63) is 86.8 Å². The van der Waals surface area contributed by atoms with Crippen molar-refractivity contribution in [1.29, 1.82) is 0 Å². The maximum absolute atomic E-state index is 12.6. The lowest BCUT2D eigenvalue weighted by Gasteiger charge is -2.12. The molecule has 0 aliphatic carbocycles. The van der Waals surface area contributed by atoms with E-state index in [0.717, 1.165) is 11.3 Å². The van der Waals surface area contributed by atoms with Gasteiger partial charge in [-0.05, 0) is 43.7 Å². The number of para-hydroxylation sites is 1. The molecule has 1 amide bonds. The summed E-state index contributed by atoms with van der Waals surface area (Å²) in [5.74, 6) is -0.569. The smallest absolute Gasteiger partial charge is 0.280 e. The van der Waals surface area contributed by atoms with Crippen LogP contribution >= 0.6 is 11.6 Å². The Morgan fingerprint density at radius 3 is 2.52 bits per heavy atom. The number of benzene rings is 2. The summed E-state index contributed by atoms with van der Waals surface area (Å²) in [5, 5.41) is 7.46. The second kappa shape index (κ2) is 6.91. The highest BCUT2D eigenvalue weighted by atomic mass is 35.5. The Labute approximate surface area is 149 Å². The maximum Gasteiger partial charge on any atom is 0.280 e. The normalized spacial score (nSPS) is 10.5. The van der Waals surface area contributed by atoms with Crippen molar-refractivity contribution in [1.82, 2.24) is 9.78 Å². The minimum atomic E-state index is -0.569.